The van der Waals surface area contributed by atoms with Crippen LogP contribution in [0, 0.1) is 0 Å². The van der Waals surface area contributed by atoms with Gasteiger partial charge in [0.25, 0.3) is 0 Å². The number of rotatable bonds is 1. The lowest BCUT2D eigenvalue weighted by molar-refractivity contribution is 1.04. The second kappa shape index (κ2) is 2.80. The van der Waals surface area contributed by atoms with E-state index >= 15 is 0 Å². The minimum absolute atomic E-state index is 0.939. The molecule has 0 radical (unpaired) electrons. The minimum atomic E-state index is 0.939. The van der Waals surface area contributed by atoms with Gasteiger partial charge >= 0.3 is 0 Å². The van der Waals surface area contributed by atoms with E-state index in [1.165, 1.54) is 0 Å². The third-order valence-corrected chi connectivity index (χ3v) is 2.07. The molecule has 0 aromatic carbocycles. The van der Waals surface area contributed by atoms with Crippen LogP contribution in [0.15, 0.2) is 35.2 Å². The van der Waals surface area contributed by atoms with Crippen molar-refractivity contribution in [2.75, 3.05) is 0 Å². The normalized spacial score (nSPS) is 9.82. The van der Waals surface area contributed by atoms with E-state index < -0.39 is 0 Å². The Morgan fingerprint density at radius 3 is 2.91 bits per heavy atom. The van der Waals surface area contributed by atoms with Crippen LogP contribution in [-0.2, 0) is 0 Å². The van der Waals surface area contributed by atoms with E-state index in [1.807, 2.05) is 23.6 Å². The molecule has 2 nitrogen and oxygen atoms in total. The molecule has 0 spiro atoms. The van der Waals surface area contributed by atoms with Gasteiger partial charge in [-0.15, -0.1) is 0 Å². The Kier molecular flexibility index (Phi) is 1.65. The molecule has 0 unspecified atom stereocenters. The molecule has 0 aliphatic rings. The Bertz CT molecular complexity index is 315. The molecule has 2 aromatic rings. The average Bonchev–Trinajstić information content (AvgIpc) is 2.58. The van der Waals surface area contributed by atoms with Crippen molar-refractivity contribution in [2.45, 2.75) is 0 Å². The third-order valence-electron chi connectivity index (χ3n) is 1.39. The highest BCUT2D eigenvalue weighted by Gasteiger charge is 1.96. The van der Waals surface area contributed by atoms with Gasteiger partial charge in [0.2, 0.25) is 0 Å². The van der Waals surface area contributed by atoms with Crippen LogP contribution in [0.4, 0.5) is 0 Å². The molecule has 0 atom stereocenters. The highest BCUT2D eigenvalue weighted by atomic mass is 32.1. The van der Waals surface area contributed by atoms with Crippen LogP contribution < -0.4 is 0 Å². The van der Waals surface area contributed by atoms with E-state index in [0.717, 1.165) is 11.3 Å². The maximum absolute atomic E-state index is 3.98. The molecule has 11 heavy (non-hydrogen) atoms. The molecule has 2 rings (SSSR count). The summed E-state index contributed by atoms with van der Waals surface area (Å²) >= 11 is 1.67. The van der Waals surface area contributed by atoms with Crippen molar-refractivity contribution in [2.24, 2.45) is 0 Å². The lowest BCUT2D eigenvalue weighted by atomic mass is 10.2. The number of hydrogen-bond acceptors (Lipinski definition) is 3. The van der Waals surface area contributed by atoms with Crippen molar-refractivity contribution >= 4 is 11.3 Å². The van der Waals surface area contributed by atoms with Crippen molar-refractivity contribution in [3.05, 3.63) is 35.2 Å². The first kappa shape index (κ1) is 6.49. The Morgan fingerprint density at radius 2 is 2.27 bits per heavy atom. The zero-order chi connectivity index (χ0) is 7.52. The number of nitrogens with zero attached hydrogens (tertiary/aromatic N) is 2. The van der Waals surface area contributed by atoms with Crippen LogP contribution in [0.25, 0.3) is 11.3 Å². The number of aromatic nitrogens is 2. The smallest absolute Gasteiger partial charge is 0.0937 e. The summed E-state index contributed by atoms with van der Waals surface area (Å²) in [6.07, 6.45) is 1.68. The molecular formula is C8H6N2S. The van der Waals surface area contributed by atoms with Gasteiger partial charge in [-0.25, -0.2) is 0 Å². The van der Waals surface area contributed by atoms with Crippen LogP contribution in [-0.4, -0.2) is 10.2 Å². The molecule has 0 amide bonds. The van der Waals surface area contributed by atoms with Gasteiger partial charge in [0.05, 0.1) is 5.69 Å². The maximum Gasteiger partial charge on any atom is 0.0937 e. The van der Waals surface area contributed by atoms with Gasteiger partial charge in [-0.05, 0) is 23.6 Å². The van der Waals surface area contributed by atoms with Gasteiger partial charge in [-0.3, -0.25) is 0 Å². The fourth-order valence-corrected chi connectivity index (χ4v) is 1.52. The molecule has 0 aliphatic carbocycles. The topological polar surface area (TPSA) is 25.8 Å². The van der Waals surface area contributed by atoms with Crippen LogP contribution >= 0.6 is 11.3 Å². The molecule has 2 aromatic heterocycles. The van der Waals surface area contributed by atoms with Gasteiger partial charge in [0.15, 0.2) is 0 Å². The molecule has 0 saturated heterocycles. The monoisotopic (exact) mass is 162 g/mol. The molecule has 0 bridgehead atoms. The lowest BCUT2D eigenvalue weighted by Crippen LogP contribution is -1.81. The van der Waals surface area contributed by atoms with Gasteiger partial charge in [-0.1, -0.05) is 0 Å². The zero-order valence-corrected chi connectivity index (χ0v) is 6.58. The van der Waals surface area contributed by atoms with Crippen LogP contribution in [0.5, 0.6) is 0 Å². The fraction of sp³-hybridized carbons (Fsp3) is 0. The quantitative estimate of drug-likeness (QED) is 0.642. The fourth-order valence-electron chi connectivity index (χ4n) is 0.866. The molecule has 0 saturated carbocycles. The van der Waals surface area contributed by atoms with E-state index in [-0.39, 0.29) is 0 Å². The first-order valence-electron chi connectivity index (χ1n) is 3.27. The van der Waals surface area contributed by atoms with Crippen molar-refractivity contribution in [1.29, 1.82) is 0 Å². The van der Waals surface area contributed by atoms with Crippen molar-refractivity contribution in [1.82, 2.24) is 10.2 Å². The van der Waals surface area contributed by atoms with Crippen LogP contribution in [0.2, 0.25) is 0 Å². The largest absolute Gasteiger partial charge is 0.159 e. The van der Waals surface area contributed by atoms with Crippen molar-refractivity contribution < 1.29 is 0 Å². The van der Waals surface area contributed by atoms with Crippen LogP contribution in [0.3, 0.4) is 0 Å². The van der Waals surface area contributed by atoms with E-state index in [2.05, 4.69) is 15.6 Å². The highest BCUT2D eigenvalue weighted by molar-refractivity contribution is 7.08. The number of thiophene rings is 1. The standard InChI is InChI=1S/C8H6N2S/c1-2-8(10-9-4-1)7-3-5-11-6-7/h1-6H. The Hall–Kier alpha value is -1.22. The molecule has 0 fully saturated rings. The highest BCUT2D eigenvalue weighted by Crippen LogP contribution is 2.17. The van der Waals surface area contributed by atoms with Gasteiger partial charge in [0.1, 0.15) is 0 Å². The first-order valence-corrected chi connectivity index (χ1v) is 4.21. The lowest BCUT2D eigenvalue weighted by Gasteiger charge is -1.91. The van der Waals surface area contributed by atoms with Crippen molar-refractivity contribution in [3.63, 3.8) is 0 Å². The van der Waals surface area contributed by atoms with Gasteiger partial charge in [-0.2, -0.15) is 21.5 Å². The van der Waals surface area contributed by atoms with E-state index in [4.69, 9.17) is 0 Å². The number of hydrogen-bond donors (Lipinski definition) is 0. The van der Waals surface area contributed by atoms with E-state index in [9.17, 15) is 0 Å². The minimum Gasteiger partial charge on any atom is -0.159 e. The predicted octanol–water partition coefficient (Wildman–Crippen LogP) is 2.21. The predicted molar refractivity (Wildman–Crippen MR) is 45.3 cm³/mol. The van der Waals surface area contributed by atoms with Crippen molar-refractivity contribution in [3.8, 4) is 11.3 Å². The molecule has 2 heterocycles. The maximum atomic E-state index is 3.98. The summed E-state index contributed by atoms with van der Waals surface area (Å²) in [5.41, 5.74) is 2.08. The van der Waals surface area contributed by atoms with Gasteiger partial charge < -0.3 is 0 Å². The summed E-state index contributed by atoms with van der Waals surface area (Å²) in [7, 11) is 0. The summed E-state index contributed by atoms with van der Waals surface area (Å²) in [6, 6.07) is 5.88. The van der Waals surface area contributed by atoms with Gasteiger partial charge in [0, 0.05) is 17.1 Å². The molecule has 0 N–H and O–H groups in total. The Morgan fingerprint density at radius 1 is 1.27 bits per heavy atom. The third kappa shape index (κ3) is 1.28. The molecule has 3 heteroatoms. The molecular weight excluding hydrogens is 156 g/mol. The molecule has 54 valence electrons. The molecule has 0 aliphatic heterocycles. The Labute approximate surface area is 68.5 Å². The second-order valence-corrected chi connectivity index (χ2v) is 2.90. The zero-order valence-electron chi connectivity index (χ0n) is 5.77. The summed E-state index contributed by atoms with van der Waals surface area (Å²) in [4.78, 5) is 0. The average molecular weight is 162 g/mol. The Balaban J connectivity index is 2.46. The summed E-state index contributed by atoms with van der Waals surface area (Å²) < 4.78 is 0. The van der Waals surface area contributed by atoms with Crippen LogP contribution in [0.1, 0.15) is 0 Å². The first-order chi connectivity index (χ1) is 5.47. The SMILES string of the molecule is c1cnnc(-c2ccsc2)c1. The summed E-state index contributed by atoms with van der Waals surface area (Å²) in [5.74, 6) is 0. The van der Waals surface area contributed by atoms with E-state index in [0.29, 0.717) is 0 Å². The van der Waals surface area contributed by atoms with E-state index in [1.54, 1.807) is 17.5 Å². The second-order valence-electron chi connectivity index (χ2n) is 2.12. The summed E-state index contributed by atoms with van der Waals surface area (Å²) in [5, 5.41) is 11.9. The summed E-state index contributed by atoms with van der Waals surface area (Å²) in [6.45, 7) is 0.